The number of alkyl halides is 1. The van der Waals surface area contributed by atoms with Crippen LogP contribution in [0, 0.1) is 0 Å². The maximum absolute atomic E-state index is 12.6. The third-order valence-electron chi connectivity index (χ3n) is 9.42. The van der Waals surface area contributed by atoms with Crippen LogP contribution < -0.4 is 5.32 Å². The number of aromatic nitrogens is 1. The van der Waals surface area contributed by atoms with Gasteiger partial charge in [-0.25, -0.2) is 4.98 Å². The summed E-state index contributed by atoms with van der Waals surface area (Å²) in [6.07, 6.45) is 32.2. The number of hydrogen-bond acceptors (Lipinski definition) is 8. The first kappa shape index (κ1) is 47.1. The third kappa shape index (κ3) is 30.7. The van der Waals surface area contributed by atoms with Crippen molar-refractivity contribution >= 4 is 51.0 Å². The monoisotopic (exact) mass is 833 g/mol. The smallest absolute Gasteiger partial charge is 0.306 e. The number of carbonyl (C=O) groups is 2. The van der Waals surface area contributed by atoms with Crippen LogP contribution in [0.3, 0.4) is 0 Å². The van der Waals surface area contributed by atoms with Crippen LogP contribution in [0.15, 0.2) is 11.6 Å². The van der Waals surface area contributed by atoms with E-state index in [2.05, 4.69) is 51.6 Å². The van der Waals surface area contributed by atoms with E-state index in [-0.39, 0.29) is 18.0 Å². The Morgan fingerprint density at radius 3 is 1.88 bits per heavy atom. The summed E-state index contributed by atoms with van der Waals surface area (Å²) in [4.78, 5) is 31.6. The number of esters is 2. The van der Waals surface area contributed by atoms with Crippen molar-refractivity contribution in [2.75, 3.05) is 42.5 Å². The lowest BCUT2D eigenvalue weighted by Crippen LogP contribution is -2.28. The topological polar surface area (TPSA) is 80.8 Å². The highest BCUT2D eigenvalue weighted by molar-refractivity contribution is 14.1. The van der Waals surface area contributed by atoms with Gasteiger partial charge in [0.1, 0.15) is 6.10 Å². The number of hydrogen-bond donors (Lipinski definition) is 1. The summed E-state index contributed by atoms with van der Waals surface area (Å²) < 4.78 is 12.6. The van der Waals surface area contributed by atoms with Crippen molar-refractivity contribution in [1.29, 1.82) is 0 Å². The molecule has 0 aliphatic heterocycles. The van der Waals surface area contributed by atoms with Gasteiger partial charge >= 0.3 is 11.9 Å². The van der Waals surface area contributed by atoms with E-state index in [1.54, 1.807) is 11.3 Å². The maximum atomic E-state index is 12.6. The van der Waals surface area contributed by atoms with Crippen molar-refractivity contribution in [3.63, 3.8) is 0 Å². The fourth-order valence-corrected chi connectivity index (χ4v) is 7.42. The number of anilines is 1. The summed E-state index contributed by atoms with van der Waals surface area (Å²) >= 11 is 4.10. The van der Waals surface area contributed by atoms with Gasteiger partial charge in [-0.3, -0.25) is 9.59 Å². The van der Waals surface area contributed by atoms with Gasteiger partial charge in [0, 0.05) is 31.0 Å². The number of unbranched alkanes of at least 4 members (excludes halogenated alkanes) is 17. The molecule has 292 valence electrons. The van der Waals surface area contributed by atoms with Gasteiger partial charge in [-0.05, 0) is 94.7 Å². The summed E-state index contributed by atoms with van der Waals surface area (Å²) in [5.41, 5.74) is 0. The van der Waals surface area contributed by atoms with Crippen LogP contribution in [0.5, 0.6) is 0 Å². The predicted molar refractivity (Wildman–Crippen MR) is 223 cm³/mol. The summed E-state index contributed by atoms with van der Waals surface area (Å²) in [7, 11) is 0. The van der Waals surface area contributed by atoms with E-state index in [4.69, 9.17) is 9.47 Å². The Bertz CT molecular complexity index is 876. The van der Waals surface area contributed by atoms with Gasteiger partial charge in [-0.15, -0.1) is 11.3 Å². The number of nitrogens with one attached hydrogen (secondary N) is 1. The Kier molecular flexibility index (Phi) is 34.3. The van der Waals surface area contributed by atoms with Crippen LogP contribution in [0.4, 0.5) is 5.13 Å². The standard InChI is InChI=1S/C41H76IN3O4S/c1-3-5-7-8-15-24-36-48-39(46)28-19-11-9-13-22-33-45(35-25-31-43-41-44-32-37-50-41)34-23-14-10-12-20-29-40(47)49-38(26-17-6-4-2)27-18-16-21-30-42/h32,37-38H,3-31,33-36H2,1-2H3,(H,43,44). The van der Waals surface area contributed by atoms with Crippen molar-refractivity contribution in [3.05, 3.63) is 11.6 Å². The Hall–Kier alpha value is -0.940. The number of halogens is 1. The van der Waals surface area contributed by atoms with Gasteiger partial charge in [0.2, 0.25) is 0 Å². The highest BCUT2D eigenvalue weighted by Gasteiger charge is 2.14. The van der Waals surface area contributed by atoms with Crippen LogP contribution in [-0.2, 0) is 19.1 Å². The molecule has 50 heavy (non-hydrogen) atoms. The highest BCUT2D eigenvalue weighted by atomic mass is 127. The zero-order valence-electron chi connectivity index (χ0n) is 32.4. The van der Waals surface area contributed by atoms with Crippen molar-refractivity contribution in [2.24, 2.45) is 0 Å². The van der Waals surface area contributed by atoms with Gasteiger partial charge in [0.15, 0.2) is 5.13 Å². The predicted octanol–water partition coefficient (Wildman–Crippen LogP) is 12.3. The lowest BCUT2D eigenvalue weighted by Gasteiger charge is -2.22. The van der Waals surface area contributed by atoms with E-state index in [0.29, 0.717) is 19.4 Å². The number of carbonyl (C=O) groups excluding carboxylic acids is 2. The summed E-state index contributed by atoms with van der Waals surface area (Å²) in [6.45, 7) is 9.39. The van der Waals surface area contributed by atoms with Gasteiger partial charge in [-0.2, -0.15) is 0 Å². The molecule has 9 heteroatoms. The molecule has 0 aliphatic rings. The molecule has 1 aromatic rings. The van der Waals surface area contributed by atoms with Gasteiger partial charge in [0.25, 0.3) is 0 Å². The first-order chi connectivity index (χ1) is 24.6. The molecule has 7 nitrogen and oxygen atoms in total. The van der Waals surface area contributed by atoms with E-state index < -0.39 is 0 Å². The number of rotatable bonds is 38. The molecule has 0 fully saturated rings. The fourth-order valence-electron chi connectivity index (χ4n) is 6.33. The second-order valence-corrected chi connectivity index (χ2v) is 16.1. The van der Waals surface area contributed by atoms with Crippen LogP contribution in [0.25, 0.3) is 0 Å². The minimum Gasteiger partial charge on any atom is -0.466 e. The Morgan fingerprint density at radius 2 is 1.24 bits per heavy atom. The first-order valence-electron chi connectivity index (χ1n) is 20.9. The molecule has 1 N–H and O–H groups in total. The molecule has 0 spiro atoms. The average Bonchev–Trinajstić information content (AvgIpc) is 3.64. The number of nitrogens with zero attached hydrogens (tertiary/aromatic N) is 2. The van der Waals surface area contributed by atoms with E-state index in [0.717, 1.165) is 89.1 Å². The second kappa shape index (κ2) is 36.4. The van der Waals surface area contributed by atoms with Crippen molar-refractivity contribution in [3.8, 4) is 0 Å². The lowest BCUT2D eigenvalue weighted by atomic mass is 10.0. The molecular weight excluding hydrogens is 757 g/mol. The second-order valence-electron chi connectivity index (χ2n) is 14.1. The quantitative estimate of drug-likeness (QED) is 0.0308. The Labute approximate surface area is 325 Å². The largest absolute Gasteiger partial charge is 0.466 e. The van der Waals surface area contributed by atoms with Crippen molar-refractivity contribution < 1.29 is 19.1 Å². The molecule has 0 saturated heterocycles. The molecule has 0 aliphatic carbocycles. The number of ether oxygens (including phenoxy) is 2. The molecule has 0 aromatic carbocycles. The van der Waals surface area contributed by atoms with Crippen LogP contribution >= 0.6 is 33.9 Å². The van der Waals surface area contributed by atoms with E-state index >= 15 is 0 Å². The maximum Gasteiger partial charge on any atom is 0.306 e. The lowest BCUT2D eigenvalue weighted by molar-refractivity contribution is -0.150. The molecule has 1 unspecified atom stereocenters. The minimum atomic E-state index is -0.0181. The highest BCUT2D eigenvalue weighted by Crippen LogP contribution is 2.17. The zero-order chi connectivity index (χ0) is 36.2. The van der Waals surface area contributed by atoms with Crippen LogP contribution in [-0.4, -0.2) is 65.1 Å². The third-order valence-corrected chi connectivity index (χ3v) is 10.9. The normalized spacial score (nSPS) is 12.0. The number of thiazole rings is 1. The first-order valence-corrected chi connectivity index (χ1v) is 23.3. The zero-order valence-corrected chi connectivity index (χ0v) is 35.4. The van der Waals surface area contributed by atoms with Crippen molar-refractivity contribution in [1.82, 2.24) is 9.88 Å². The van der Waals surface area contributed by atoms with Gasteiger partial charge in [0.05, 0.1) is 6.61 Å². The fraction of sp³-hybridized carbons (Fsp3) is 0.878. The van der Waals surface area contributed by atoms with Gasteiger partial charge < -0.3 is 19.7 Å². The SMILES string of the molecule is CCCCCCCCOC(=O)CCCCCCCN(CCCCCCCC(=O)OC(CCCCC)CCCCCI)CCCNc1nccs1. The Morgan fingerprint density at radius 1 is 0.700 bits per heavy atom. The summed E-state index contributed by atoms with van der Waals surface area (Å²) in [5, 5.41) is 6.47. The van der Waals surface area contributed by atoms with E-state index in [1.165, 1.54) is 107 Å². The molecule has 1 heterocycles. The van der Waals surface area contributed by atoms with Gasteiger partial charge in [-0.1, -0.05) is 126 Å². The molecule has 0 bridgehead atoms. The Balaban J connectivity index is 2.22. The molecular formula is C41H76IN3O4S. The van der Waals surface area contributed by atoms with E-state index in [1.807, 2.05) is 11.6 Å². The summed E-state index contributed by atoms with van der Waals surface area (Å²) in [5.74, 6) is -0.00298. The van der Waals surface area contributed by atoms with Crippen molar-refractivity contribution in [2.45, 2.75) is 193 Å². The average molecular weight is 834 g/mol. The molecule has 1 atom stereocenters. The molecule has 0 radical (unpaired) electrons. The summed E-state index contributed by atoms with van der Waals surface area (Å²) in [6, 6.07) is 0. The van der Waals surface area contributed by atoms with E-state index in [9.17, 15) is 9.59 Å². The van der Waals surface area contributed by atoms with Crippen LogP contribution in [0.1, 0.15) is 187 Å². The molecule has 0 saturated carbocycles. The molecule has 1 aromatic heterocycles. The van der Waals surface area contributed by atoms with Crippen LogP contribution in [0.2, 0.25) is 0 Å². The molecule has 1 rings (SSSR count). The molecule has 0 amide bonds. The minimum absolute atomic E-state index is 0.0151.